The van der Waals surface area contributed by atoms with Gasteiger partial charge in [0.1, 0.15) is 5.75 Å². The predicted octanol–water partition coefficient (Wildman–Crippen LogP) is 3.63. The fourth-order valence-electron chi connectivity index (χ4n) is 2.71. The maximum absolute atomic E-state index is 12.0. The van der Waals surface area contributed by atoms with Crippen LogP contribution in [-0.2, 0) is 18.8 Å². The van der Waals surface area contributed by atoms with Crippen molar-refractivity contribution in [2.75, 3.05) is 14.2 Å². The molecular formula is C17H24BClO5. The molecule has 132 valence electrons. The van der Waals surface area contributed by atoms with E-state index in [4.69, 9.17) is 30.4 Å². The van der Waals surface area contributed by atoms with E-state index in [0.29, 0.717) is 16.3 Å². The van der Waals surface area contributed by atoms with Gasteiger partial charge in [0.05, 0.1) is 31.8 Å². The molecule has 7 heteroatoms. The van der Waals surface area contributed by atoms with E-state index in [0.717, 1.165) is 0 Å². The molecule has 0 aromatic heterocycles. The van der Waals surface area contributed by atoms with Gasteiger partial charge in [-0.1, -0.05) is 17.7 Å². The van der Waals surface area contributed by atoms with Crippen LogP contribution in [0.1, 0.15) is 45.5 Å². The summed E-state index contributed by atoms with van der Waals surface area (Å²) in [6.45, 7) is 7.86. The fourth-order valence-corrected chi connectivity index (χ4v) is 3.01. The van der Waals surface area contributed by atoms with Crippen LogP contribution in [0, 0.1) is 0 Å². The molecule has 2 rings (SSSR count). The van der Waals surface area contributed by atoms with Crippen LogP contribution in [0.2, 0.25) is 5.02 Å². The highest BCUT2D eigenvalue weighted by molar-refractivity contribution is 6.48. The topological polar surface area (TPSA) is 54.0 Å². The minimum absolute atomic E-state index is 0.0768. The van der Waals surface area contributed by atoms with E-state index in [2.05, 4.69) is 0 Å². The minimum atomic E-state index is -0.636. The van der Waals surface area contributed by atoms with Crippen molar-refractivity contribution in [1.29, 1.82) is 0 Å². The molecule has 0 N–H and O–H groups in total. The van der Waals surface area contributed by atoms with Gasteiger partial charge in [-0.3, -0.25) is 4.79 Å². The van der Waals surface area contributed by atoms with Gasteiger partial charge in [0.2, 0.25) is 0 Å². The van der Waals surface area contributed by atoms with E-state index < -0.39 is 24.1 Å². The number of methoxy groups -OCH3 is 2. The minimum Gasteiger partial charge on any atom is -0.496 e. The summed E-state index contributed by atoms with van der Waals surface area (Å²) >= 11 is 6.41. The number of esters is 1. The van der Waals surface area contributed by atoms with Gasteiger partial charge in [0.25, 0.3) is 0 Å². The molecule has 5 nitrogen and oxygen atoms in total. The van der Waals surface area contributed by atoms with Gasteiger partial charge in [0, 0.05) is 16.4 Å². The van der Waals surface area contributed by atoms with Crippen LogP contribution >= 0.6 is 11.6 Å². The van der Waals surface area contributed by atoms with E-state index >= 15 is 0 Å². The SMILES string of the molecule is COC(=O)CC(B1OC(C)(C)C(C)(C)O1)c1c(Cl)cccc1OC. The Morgan fingerprint density at radius 3 is 2.29 bits per heavy atom. The van der Waals surface area contributed by atoms with E-state index in [1.807, 2.05) is 27.7 Å². The number of rotatable bonds is 5. The Balaban J connectivity index is 2.46. The Labute approximate surface area is 148 Å². The van der Waals surface area contributed by atoms with Crippen molar-refractivity contribution in [3.8, 4) is 5.75 Å². The number of benzene rings is 1. The third-order valence-electron chi connectivity index (χ3n) is 4.82. The molecule has 24 heavy (non-hydrogen) atoms. The lowest BCUT2D eigenvalue weighted by Crippen LogP contribution is -2.41. The number of carbonyl (C=O) groups excluding carboxylic acids is 1. The van der Waals surface area contributed by atoms with Crippen LogP contribution < -0.4 is 4.74 Å². The van der Waals surface area contributed by atoms with Crippen molar-refractivity contribution < 1.29 is 23.6 Å². The van der Waals surface area contributed by atoms with Gasteiger partial charge in [-0.15, -0.1) is 0 Å². The summed E-state index contributed by atoms with van der Waals surface area (Å²) in [6.07, 6.45) is 0.0768. The van der Waals surface area contributed by atoms with Gasteiger partial charge in [-0.25, -0.2) is 0 Å². The van der Waals surface area contributed by atoms with Crippen molar-refractivity contribution in [2.24, 2.45) is 0 Å². The normalized spacial score (nSPS) is 19.9. The Morgan fingerprint density at radius 2 is 1.79 bits per heavy atom. The molecule has 0 spiro atoms. The third-order valence-corrected chi connectivity index (χ3v) is 5.15. The summed E-state index contributed by atoms with van der Waals surface area (Å²) in [6, 6.07) is 5.36. The first-order valence-corrected chi connectivity index (χ1v) is 8.25. The van der Waals surface area contributed by atoms with Crippen molar-refractivity contribution >= 4 is 24.7 Å². The molecule has 1 aromatic carbocycles. The van der Waals surface area contributed by atoms with Crippen molar-refractivity contribution in [1.82, 2.24) is 0 Å². The Kier molecular flexibility index (Phi) is 5.52. The molecule has 1 saturated heterocycles. The fraction of sp³-hybridized carbons (Fsp3) is 0.588. The highest BCUT2D eigenvalue weighted by Crippen LogP contribution is 2.45. The summed E-state index contributed by atoms with van der Waals surface area (Å²) < 4.78 is 22.6. The molecule has 0 saturated carbocycles. The van der Waals surface area contributed by atoms with E-state index in [-0.39, 0.29) is 12.4 Å². The second-order valence-corrected chi connectivity index (χ2v) is 7.27. The molecule has 0 amide bonds. The first-order valence-electron chi connectivity index (χ1n) is 7.88. The summed E-state index contributed by atoms with van der Waals surface area (Å²) in [5.41, 5.74) is -0.341. The van der Waals surface area contributed by atoms with Gasteiger partial charge in [0.15, 0.2) is 0 Å². The van der Waals surface area contributed by atoms with Crippen LogP contribution in [0.5, 0.6) is 5.75 Å². The van der Waals surface area contributed by atoms with E-state index in [1.165, 1.54) is 7.11 Å². The molecule has 1 atom stereocenters. The van der Waals surface area contributed by atoms with E-state index in [9.17, 15) is 4.79 Å². The maximum Gasteiger partial charge on any atom is 0.466 e. The zero-order chi connectivity index (χ0) is 18.1. The Morgan fingerprint density at radius 1 is 1.21 bits per heavy atom. The molecule has 0 aliphatic carbocycles. The molecule has 0 radical (unpaired) electrons. The Hall–Kier alpha value is -1.24. The quantitative estimate of drug-likeness (QED) is 0.597. The van der Waals surface area contributed by atoms with Crippen LogP contribution in [0.3, 0.4) is 0 Å². The van der Waals surface area contributed by atoms with Crippen molar-refractivity contribution in [3.63, 3.8) is 0 Å². The molecular weight excluding hydrogens is 330 g/mol. The van der Waals surface area contributed by atoms with E-state index in [1.54, 1.807) is 25.3 Å². The van der Waals surface area contributed by atoms with Crippen LogP contribution in [-0.4, -0.2) is 38.5 Å². The summed E-state index contributed by atoms with van der Waals surface area (Å²) in [5.74, 6) is -0.218. The highest BCUT2D eigenvalue weighted by Gasteiger charge is 2.55. The lowest BCUT2D eigenvalue weighted by atomic mass is 9.66. The summed E-state index contributed by atoms with van der Waals surface area (Å²) in [5, 5.41) is 0.498. The van der Waals surface area contributed by atoms with Gasteiger partial charge in [-0.2, -0.15) is 0 Å². The lowest BCUT2D eigenvalue weighted by molar-refractivity contribution is -0.140. The number of hydrogen-bond acceptors (Lipinski definition) is 5. The predicted molar refractivity (Wildman–Crippen MR) is 93.5 cm³/mol. The summed E-state index contributed by atoms with van der Waals surface area (Å²) in [7, 11) is 2.28. The number of carbonyl (C=O) groups is 1. The lowest BCUT2D eigenvalue weighted by Gasteiger charge is -2.32. The van der Waals surface area contributed by atoms with Gasteiger partial charge >= 0.3 is 13.1 Å². The number of ether oxygens (including phenoxy) is 2. The molecule has 1 unspecified atom stereocenters. The zero-order valence-electron chi connectivity index (χ0n) is 15.0. The average molecular weight is 355 g/mol. The maximum atomic E-state index is 12.0. The zero-order valence-corrected chi connectivity index (χ0v) is 15.8. The number of hydrogen-bond donors (Lipinski definition) is 0. The van der Waals surface area contributed by atoms with Gasteiger partial charge < -0.3 is 18.8 Å². The molecule has 1 aliphatic rings. The molecule has 0 bridgehead atoms. The largest absolute Gasteiger partial charge is 0.496 e. The van der Waals surface area contributed by atoms with Crippen LogP contribution in [0.25, 0.3) is 0 Å². The third kappa shape index (κ3) is 3.56. The van der Waals surface area contributed by atoms with Crippen LogP contribution in [0.15, 0.2) is 18.2 Å². The summed E-state index contributed by atoms with van der Waals surface area (Å²) in [4.78, 5) is 12.0. The molecule has 1 aromatic rings. The van der Waals surface area contributed by atoms with Gasteiger partial charge in [-0.05, 0) is 39.8 Å². The van der Waals surface area contributed by atoms with Crippen molar-refractivity contribution in [3.05, 3.63) is 28.8 Å². The second-order valence-electron chi connectivity index (χ2n) is 6.87. The molecule has 1 heterocycles. The smallest absolute Gasteiger partial charge is 0.466 e. The molecule has 1 aliphatic heterocycles. The molecule has 1 fully saturated rings. The Bertz CT molecular complexity index is 601. The monoisotopic (exact) mass is 354 g/mol. The first-order chi connectivity index (χ1) is 11.1. The standard InChI is InChI=1S/C17H24BClO5/c1-16(2)17(3,4)24-18(23-16)11(10-14(20)22-6)15-12(19)8-7-9-13(15)21-5/h7-9,11H,10H2,1-6H3. The first kappa shape index (κ1) is 19.1. The number of halogens is 1. The average Bonchev–Trinajstić information content (AvgIpc) is 2.72. The highest BCUT2D eigenvalue weighted by atomic mass is 35.5. The second kappa shape index (κ2) is 6.94. The van der Waals surface area contributed by atoms with Crippen LogP contribution in [0.4, 0.5) is 0 Å². The van der Waals surface area contributed by atoms with Crippen molar-refractivity contribution in [2.45, 2.75) is 51.1 Å².